The SMILES string of the molecule is O=c1c(Br)c(NN2CCCCC2)cnn1CC(F)(F)F. The normalized spacial score (nSPS) is 17.2. The number of hydrazine groups is 1. The molecule has 5 nitrogen and oxygen atoms in total. The summed E-state index contributed by atoms with van der Waals surface area (Å²) in [6, 6.07) is 0. The lowest BCUT2D eigenvalue weighted by Crippen LogP contribution is -2.37. The molecule has 0 unspecified atom stereocenters. The number of halogens is 4. The molecular formula is C11H14BrF3N4O. The Morgan fingerprint density at radius 2 is 1.95 bits per heavy atom. The molecule has 2 heterocycles. The Morgan fingerprint density at radius 1 is 1.30 bits per heavy atom. The van der Waals surface area contributed by atoms with Crippen molar-refractivity contribution in [3.05, 3.63) is 21.0 Å². The average Bonchev–Trinajstić information content (AvgIpc) is 2.38. The summed E-state index contributed by atoms with van der Waals surface area (Å²) >= 11 is 3.04. The first-order valence-electron chi connectivity index (χ1n) is 6.21. The Balaban J connectivity index is 2.15. The van der Waals surface area contributed by atoms with E-state index in [-0.39, 0.29) is 4.47 Å². The van der Waals surface area contributed by atoms with Crippen molar-refractivity contribution in [2.45, 2.75) is 32.0 Å². The molecule has 0 aromatic carbocycles. The molecule has 0 atom stereocenters. The van der Waals surface area contributed by atoms with Crippen LogP contribution in [0.4, 0.5) is 18.9 Å². The van der Waals surface area contributed by atoms with Crippen LogP contribution in [0.15, 0.2) is 15.5 Å². The van der Waals surface area contributed by atoms with Crippen LogP contribution < -0.4 is 11.0 Å². The number of alkyl halides is 3. The van der Waals surface area contributed by atoms with Gasteiger partial charge in [-0.1, -0.05) is 6.42 Å². The van der Waals surface area contributed by atoms with Crippen LogP contribution in [0.25, 0.3) is 0 Å². The van der Waals surface area contributed by atoms with Crippen molar-refractivity contribution >= 4 is 21.6 Å². The Hall–Kier alpha value is -1.09. The summed E-state index contributed by atoms with van der Waals surface area (Å²) in [5.41, 5.74) is 2.59. The predicted octanol–water partition coefficient (Wildman–Crippen LogP) is 2.38. The highest BCUT2D eigenvalue weighted by molar-refractivity contribution is 9.10. The fourth-order valence-electron chi connectivity index (χ4n) is 2.00. The summed E-state index contributed by atoms with van der Waals surface area (Å²) in [5, 5.41) is 5.48. The van der Waals surface area contributed by atoms with Crippen LogP contribution in [-0.2, 0) is 6.54 Å². The number of nitrogens with zero attached hydrogens (tertiary/aromatic N) is 3. The van der Waals surface area contributed by atoms with Gasteiger partial charge in [-0.05, 0) is 28.8 Å². The zero-order chi connectivity index (χ0) is 14.8. The molecule has 1 aromatic heterocycles. The molecular weight excluding hydrogens is 341 g/mol. The van der Waals surface area contributed by atoms with E-state index in [0.717, 1.165) is 32.4 Å². The maximum atomic E-state index is 12.3. The number of hydrogen-bond acceptors (Lipinski definition) is 4. The lowest BCUT2D eigenvalue weighted by Gasteiger charge is -2.28. The van der Waals surface area contributed by atoms with E-state index >= 15 is 0 Å². The fraction of sp³-hybridized carbons (Fsp3) is 0.636. The van der Waals surface area contributed by atoms with Gasteiger partial charge >= 0.3 is 6.18 Å². The summed E-state index contributed by atoms with van der Waals surface area (Å²) in [5.74, 6) is 0. The van der Waals surface area contributed by atoms with E-state index in [9.17, 15) is 18.0 Å². The summed E-state index contributed by atoms with van der Waals surface area (Å²) in [7, 11) is 0. The molecule has 0 amide bonds. The molecule has 1 saturated heterocycles. The van der Waals surface area contributed by atoms with Crippen LogP contribution in [-0.4, -0.2) is 34.1 Å². The molecule has 9 heteroatoms. The van der Waals surface area contributed by atoms with E-state index < -0.39 is 18.3 Å². The summed E-state index contributed by atoms with van der Waals surface area (Å²) in [4.78, 5) is 11.8. The first-order chi connectivity index (χ1) is 9.37. The van der Waals surface area contributed by atoms with Gasteiger partial charge in [0.2, 0.25) is 0 Å². The molecule has 1 fully saturated rings. The summed E-state index contributed by atoms with van der Waals surface area (Å²) < 4.78 is 37.3. The number of aromatic nitrogens is 2. The second-order valence-corrected chi connectivity index (χ2v) is 5.40. The third-order valence-electron chi connectivity index (χ3n) is 2.95. The van der Waals surface area contributed by atoms with Gasteiger partial charge in [0, 0.05) is 13.1 Å². The van der Waals surface area contributed by atoms with Crippen molar-refractivity contribution in [2.24, 2.45) is 0 Å². The van der Waals surface area contributed by atoms with Crippen LogP contribution in [0.1, 0.15) is 19.3 Å². The largest absolute Gasteiger partial charge is 0.408 e. The minimum absolute atomic E-state index is 0.0577. The molecule has 0 aliphatic carbocycles. The van der Waals surface area contributed by atoms with E-state index in [1.807, 2.05) is 5.01 Å². The van der Waals surface area contributed by atoms with Crippen LogP contribution >= 0.6 is 15.9 Å². The number of nitrogens with one attached hydrogen (secondary N) is 1. The number of piperidine rings is 1. The van der Waals surface area contributed by atoms with Gasteiger partial charge < -0.3 is 5.43 Å². The van der Waals surface area contributed by atoms with Crippen molar-refractivity contribution in [2.75, 3.05) is 18.5 Å². The second-order valence-electron chi connectivity index (χ2n) is 4.61. The first kappa shape index (κ1) is 15.3. The van der Waals surface area contributed by atoms with Gasteiger partial charge in [-0.15, -0.1) is 0 Å². The Morgan fingerprint density at radius 3 is 2.55 bits per heavy atom. The van der Waals surface area contributed by atoms with Gasteiger partial charge in [-0.25, -0.2) is 9.69 Å². The molecule has 1 N–H and O–H groups in total. The molecule has 0 spiro atoms. The van der Waals surface area contributed by atoms with Crippen LogP contribution in [0, 0.1) is 0 Å². The van der Waals surface area contributed by atoms with Gasteiger partial charge in [0.05, 0.1) is 11.9 Å². The van der Waals surface area contributed by atoms with Crippen molar-refractivity contribution < 1.29 is 13.2 Å². The molecule has 0 bridgehead atoms. The molecule has 1 aliphatic heterocycles. The Kier molecular flexibility index (Phi) is 4.69. The van der Waals surface area contributed by atoms with E-state index in [1.54, 1.807) is 0 Å². The van der Waals surface area contributed by atoms with Crippen LogP contribution in [0.5, 0.6) is 0 Å². The van der Waals surface area contributed by atoms with Gasteiger partial charge in [0.15, 0.2) is 0 Å². The van der Waals surface area contributed by atoms with E-state index in [1.165, 1.54) is 6.20 Å². The average molecular weight is 355 g/mol. The second kappa shape index (κ2) is 6.13. The highest BCUT2D eigenvalue weighted by Gasteiger charge is 2.29. The van der Waals surface area contributed by atoms with Gasteiger partial charge in [-0.3, -0.25) is 4.79 Å². The van der Waals surface area contributed by atoms with E-state index in [2.05, 4.69) is 26.5 Å². The standard InChI is InChI=1S/C11H14BrF3N4O/c12-9-8(17-18-4-2-1-3-5-18)6-16-19(10(9)20)7-11(13,14)15/h6,17H,1-5,7H2. The number of anilines is 1. The minimum Gasteiger partial charge on any atom is -0.316 e. The predicted molar refractivity (Wildman–Crippen MR) is 71.3 cm³/mol. The maximum absolute atomic E-state index is 12.3. The van der Waals surface area contributed by atoms with E-state index in [0.29, 0.717) is 10.4 Å². The van der Waals surface area contributed by atoms with Crippen molar-refractivity contribution in [1.82, 2.24) is 14.8 Å². The van der Waals surface area contributed by atoms with E-state index in [4.69, 9.17) is 0 Å². The first-order valence-corrected chi connectivity index (χ1v) is 7.00. The van der Waals surface area contributed by atoms with Crippen molar-refractivity contribution in [1.29, 1.82) is 0 Å². The van der Waals surface area contributed by atoms with Crippen LogP contribution in [0.2, 0.25) is 0 Å². The van der Waals surface area contributed by atoms with Gasteiger partial charge in [-0.2, -0.15) is 18.3 Å². The fourth-order valence-corrected chi connectivity index (χ4v) is 2.40. The summed E-state index contributed by atoms with van der Waals surface area (Å²) in [6.45, 7) is 0.268. The van der Waals surface area contributed by atoms with Crippen molar-refractivity contribution in [3.8, 4) is 0 Å². The third kappa shape index (κ3) is 3.95. The zero-order valence-corrected chi connectivity index (χ0v) is 12.2. The molecule has 1 aliphatic rings. The molecule has 2 rings (SSSR count). The zero-order valence-electron chi connectivity index (χ0n) is 10.6. The van der Waals surface area contributed by atoms with Gasteiger partial charge in [0.1, 0.15) is 11.0 Å². The number of hydrogen-bond donors (Lipinski definition) is 1. The van der Waals surface area contributed by atoms with Crippen LogP contribution in [0.3, 0.4) is 0 Å². The summed E-state index contributed by atoms with van der Waals surface area (Å²) in [6.07, 6.45) is 0.00105. The Labute approximate surface area is 121 Å². The lowest BCUT2D eigenvalue weighted by molar-refractivity contribution is -0.143. The lowest BCUT2D eigenvalue weighted by atomic mass is 10.2. The van der Waals surface area contributed by atoms with Crippen molar-refractivity contribution in [3.63, 3.8) is 0 Å². The minimum atomic E-state index is -4.47. The highest BCUT2D eigenvalue weighted by Crippen LogP contribution is 2.21. The monoisotopic (exact) mass is 354 g/mol. The molecule has 112 valence electrons. The highest BCUT2D eigenvalue weighted by atomic mass is 79.9. The molecule has 0 saturated carbocycles. The Bertz CT molecular complexity index is 525. The molecule has 0 radical (unpaired) electrons. The maximum Gasteiger partial charge on any atom is 0.408 e. The topological polar surface area (TPSA) is 50.2 Å². The quantitative estimate of drug-likeness (QED) is 0.905. The molecule has 1 aromatic rings. The third-order valence-corrected chi connectivity index (χ3v) is 3.71. The smallest absolute Gasteiger partial charge is 0.316 e. The van der Waals surface area contributed by atoms with Gasteiger partial charge in [0.25, 0.3) is 5.56 Å². The number of rotatable bonds is 3. The molecule has 20 heavy (non-hydrogen) atoms.